The monoisotopic (exact) mass is 311 g/mol. The van der Waals surface area contributed by atoms with Gasteiger partial charge in [0.15, 0.2) is 4.34 Å². The largest absolute Gasteiger partial charge is 0.313 e. The smallest absolute Gasteiger partial charge is 0.174 e. The summed E-state index contributed by atoms with van der Waals surface area (Å²) < 4.78 is 18.7. The average Bonchev–Trinajstić information content (AvgIpc) is 2.86. The lowest BCUT2D eigenvalue weighted by Gasteiger charge is -2.06. The molecular weight excluding hydrogens is 293 g/mol. The van der Waals surface area contributed by atoms with Crippen LogP contribution in [0.25, 0.3) is 0 Å². The first kappa shape index (κ1) is 15.4. The van der Waals surface area contributed by atoms with Crippen molar-refractivity contribution >= 4 is 23.3 Å². The molecule has 1 heterocycles. The molecule has 0 spiro atoms. The van der Waals surface area contributed by atoms with E-state index in [1.807, 2.05) is 13.0 Å². The third-order valence-corrected chi connectivity index (χ3v) is 4.42. The Morgan fingerprint density at radius 1 is 1.30 bits per heavy atom. The molecule has 0 atom stereocenters. The molecule has 1 aromatic carbocycles. The van der Waals surface area contributed by atoms with Crippen molar-refractivity contribution < 1.29 is 4.39 Å². The quantitative estimate of drug-likeness (QED) is 0.787. The van der Waals surface area contributed by atoms with E-state index < -0.39 is 0 Å². The molecule has 0 radical (unpaired) electrons. The second-order valence-corrected chi connectivity index (χ2v) is 6.48. The van der Waals surface area contributed by atoms with Crippen LogP contribution in [0.15, 0.2) is 27.4 Å². The molecule has 1 aromatic heterocycles. The Kier molecular flexibility index (Phi) is 5.94. The van der Waals surface area contributed by atoms with Gasteiger partial charge in [-0.1, -0.05) is 25.6 Å². The summed E-state index contributed by atoms with van der Waals surface area (Å²) in [5, 5.41) is 3.28. The average molecular weight is 311 g/mol. The zero-order valence-electron chi connectivity index (χ0n) is 11.6. The zero-order valence-corrected chi connectivity index (χ0v) is 13.3. The summed E-state index contributed by atoms with van der Waals surface area (Å²) in [6, 6.07) is 5.12. The normalized spacial score (nSPS) is 10.9. The molecule has 0 bridgehead atoms. The maximum Gasteiger partial charge on any atom is 0.174 e. The van der Waals surface area contributed by atoms with Gasteiger partial charge in [-0.15, -0.1) is 0 Å². The fourth-order valence-corrected chi connectivity index (χ4v) is 3.50. The molecule has 0 amide bonds. The molecular formula is C14H18FN3S2. The van der Waals surface area contributed by atoms with Gasteiger partial charge in [-0.3, -0.25) is 0 Å². The van der Waals surface area contributed by atoms with E-state index in [9.17, 15) is 4.39 Å². The van der Waals surface area contributed by atoms with Crippen LogP contribution in [-0.2, 0) is 13.0 Å². The lowest BCUT2D eigenvalue weighted by atomic mass is 10.2. The Morgan fingerprint density at radius 2 is 2.15 bits per heavy atom. The van der Waals surface area contributed by atoms with Crippen molar-refractivity contribution in [2.24, 2.45) is 0 Å². The first-order chi connectivity index (χ1) is 9.71. The van der Waals surface area contributed by atoms with Crippen molar-refractivity contribution in [1.29, 1.82) is 0 Å². The predicted octanol–water partition coefficient (Wildman–Crippen LogP) is 3.89. The Morgan fingerprint density at radius 3 is 2.85 bits per heavy atom. The van der Waals surface area contributed by atoms with Crippen molar-refractivity contribution in [3.63, 3.8) is 0 Å². The van der Waals surface area contributed by atoms with Gasteiger partial charge in [0, 0.05) is 17.9 Å². The number of aromatic nitrogens is 2. The van der Waals surface area contributed by atoms with Crippen LogP contribution < -0.4 is 5.32 Å². The molecule has 0 saturated heterocycles. The van der Waals surface area contributed by atoms with Gasteiger partial charge in [0.1, 0.15) is 11.6 Å². The minimum Gasteiger partial charge on any atom is -0.313 e. The van der Waals surface area contributed by atoms with Crippen LogP contribution in [0.5, 0.6) is 0 Å². The van der Waals surface area contributed by atoms with Crippen LogP contribution in [0.3, 0.4) is 0 Å². The summed E-state index contributed by atoms with van der Waals surface area (Å²) in [7, 11) is 0. The van der Waals surface area contributed by atoms with Gasteiger partial charge in [0.25, 0.3) is 0 Å². The lowest BCUT2D eigenvalue weighted by Crippen LogP contribution is -2.13. The van der Waals surface area contributed by atoms with Crippen LogP contribution in [0.1, 0.15) is 31.7 Å². The summed E-state index contributed by atoms with van der Waals surface area (Å²) in [5.74, 6) is 0.641. The maximum atomic E-state index is 13.6. The van der Waals surface area contributed by atoms with Crippen molar-refractivity contribution in [2.45, 2.75) is 42.5 Å². The Balaban J connectivity index is 2.06. The Labute approximate surface area is 127 Å². The van der Waals surface area contributed by atoms with Gasteiger partial charge in [-0.25, -0.2) is 9.37 Å². The molecule has 0 aliphatic heterocycles. The Bertz CT molecular complexity index is 557. The first-order valence-corrected chi connectivity index (χ1v) is 8.31. The van der Waals surface area contributed by atoms with Crippen molar-refractivity contribution in [1.82, 2.24) is 14.7 Å². The molecule has 0 aliphatic carbocycles. The van der Waals surface area contributed by atoms with Crippen LogP contribution in [-0.4, -0.2) is 15.9 Å². The van der Waals surface area contributed by atoms with Crippen LogP contribution in [0.4, 0.5) is 4.39 Å². The fraction of sp³-hybridized carbons (Fsp3) is 0.429. The molecule has 2 rings (SSSR count). The van der Waals surface area contributed by atoms with E-state index in [0.717, 1.165) is 40.0 Å². The Hall–Kier alpha value is -0.980. The fourth-order valence-electron chi connectivity index (χ4n) is 1.72. The lowest BCUT2D eigenvalue weighted by molar-refractivity contribution is 0.615. The highest BCUT2D eigenvalue weighted by molar-refractivity contribution is 8.01. The number of halogens is 1. The zero-order chi connectivity index (χ0) is 14.4. The summed E-state index contributed by atoms with van der Waals surface area (Å²) in [6.07, 6.45) is 1.90. The summed E-state index contributed by atoms with van der Waals surface area (Å²) in [6.45, 7) is 5.77. The van der Waals surface area contributed by atoms with Crippen LogP contribution in [0, 0.1) is 5.82 Å². The molecule has 108 valence electrons. The van der Waals surface area contributed by atoms with Crippen LogP contribution >= 0.6 is 23.3 Å². The van der Waals surface area contributed by atoms with E-state index in [-0.39, 0.29) is 5.82 Å². The van der Waals surface area contributed by atoms with Gasteiger partial charge in [-0.05, 0) is 48.3 Å². The highest BCUT2D eigenvalue weighted by atomic mass is 32.2. The van der Waals surface area contributed by atoms with Gasteiger partial charge in [0.2, 0.25) is 0 Å². The van der Waals surface area contributed by atoms with E-state index >= 15 is 0 Å². The standard InChI is InChI=1S/C14H18FN3S2/c1-3-5-16-9-10-6-11(15)8-12(7-10)19-14-17-13(4-2)18-20-14/h6-8,16H,3-5,9H2,1-2H3. The highest BCUT2D eigenvalue weighted by Gasteiger charge is 2.07. The van der Waals surface area contributed by atoms with Gasteiger partial charge in [-0.2, -0.15) is 4.37 Å². The van der Waals surface area contributed by atoms with E-state index in [4.69, 9.17) is 0 Å². The minimum absolute atomic E-state index is 0.205. The number of hydrogen-bond acceptors (Lipinski definition) is 5. The molecule has 6 heteroatoms. The third-order valence-electron chi connectivity index (χ3n) is 2.66. The first-order valence-electron chi connectivity index (χ1n) is 6.72. The number of aryl methyl sites for hydroxylation is 1. The number of benzene rings is 1. The molecule has 2 aromatic rings. The number of rotatable bonds is 7. The van der Waals surface area contributed by atoms with Crippen molar-refractivity contribution in [3.05, 3.63) is 35.4 Å². The molecule has 0 fully saturated rings. The van der Waals surface area contributed by atoms with Gasteiger partial charge in [0.05, 0.1) is 0 Å². The number of hydrogen-bond donors (Lipinski definition) is 1. The van der Waals surface area contributed by atoms with E-state index in [2.05, 4.69) is 21.6 Å². The number of nitrogens with zero attached hydrogens (tertiary/aromatic N) is 2. The highest BCUT2D eigenvalue weighted by Crippen LogP contribution is 2.30. The topological polar surface area (TPSA) is 37.8 Å². The van der Waals surface area contributed by atoms with E-state index in [0.29, 0.717) is 6.54 Å². The number of nitrogens with one attached hydrogen (secondary N) is 1. The molecule has 0 unspecified atom stereocenters. The summed E-state index contributed by atoms with van der Waals surface area (Å²) in [5.41, 5.74) is 0.959. The molecule has 0 saturated carbocycles. The maximum absolute atomic E-state index is 13.6. The summed E-state index contributed by atoms with van der Waals surface area (Å²) >= 11 is 2.83. The van der Waals surface area contributed by atoms with Crippen molar-refractivity contribution in [2.75, 3.05) is 6.54 Å². The van der Waals surface area contributed by atoms with Gasteiger partial charge >= 0.3 is 0 Å². The SMILES string of the molecule is CCCNCc1cc(F)cc(Sc2nc(CC)ns2)c1. The second-order valence-electron chi connectivity index (χ2n) is 4.40. The van der Waals surface area contributed by atoms with Gasteiger partial charge < -0.3 is 5.32 Å². The molecule has 1 N–H and O–H groups in total. The molecule has 3 nitrogen and oxygen atoms in total. The minimum atomic E-state index is -0.205. The predicted molar refractivity (Wildman–Crippen MR) is 81.8 cm³/mol. The second kappa shape index (κ2) is 7.71. The van der Waals surface area contributed by atoms with Crippen LogP contribution in [0.2, 0.25) is 0 Å². The van der Waals surface area contributed by atoms with E-state index in [1.165, 1.54) is 23.3 Å². The van der Waals surface area contributed by atoms with Crippen molar-refractivity contribution in [3.8, 4) is 0 Å². The summed E-state index contributed by atoms with van der Waals surface area (Å²) in [4.78, 5) is 5.26. The van der Waals surface area contributed by atoms with E-state index in [1.54, 1.807) is 12.1 Å². The molecule has 0 aliphatic rings. The molecule has 20 heavy (non-hydrogen) atoms. The third kappa shape index (κ3) is 4.54.